The van der Waals surface area contributed by atoms with Gasteiger partial charge in [0.2, 0.25) is 5.95 Å². The zero-order valence-electron chi connectivity index (χ0n) is 13.1. The van der Waals surface area contributed by atoms with Crippen molar-refractivity contribution < 1.29 is 9.47 Å². The van der Waals surface area contributed by atoms with Gasteiger partial charge in [-0.3, -0.25) is 0 Å². The van der Waals surface area contributed by atoms with E-state index in [2.05, 4.69) is 14.9 Å². The summed E-state index contributed by atoms with van der Waals surface area (Å²) in [5.74, 6) is 1.61. The van der Waals surface area contributed by atoms with Crippen molar-refractivity contribution in [2.45, 2.75) is 50.2 Å². The van der Waals surface area contributed by atoms with E-state index in [-0.39, 0.29) is 5.60 Å². The molecule has 5 heteroatoms. The number of hydrogen-bond acceptors (Lipinski definition) is 5. The number of rotatable bonds is 4. The number of anilines is 1. The van der Waals surface area contributed by atoms with Crippen molar-refractivity contribution in [2.24, 2.45) is 5.92 Å². The van der Waals surface area contributed by atoms with E-state index in [1.807, 2.05) is 6.07 Å². The number of ether oxygens (including phenoxy) is 2. The van der Waals surface area contributed by atoms with Gasteiger partial charge < -0.3 is 14.4 Å². The minimum absolute atomic E-state index is 0.0300. The van der Waals surface area contributed by atoms with Crippen LogP contribution in [0.5, 0.6) is 0 Å². The summed E-state index contributed by atoms with van der Waals surface area (Å²) in [4.78, 5) is 10.8. The molecule has 0 amide bonds. The van der Waals surface area contributed by atoms with Crippen molar-refractivity contribution in [3.63, 3.8) is 0 Å². The molecule has 22 heavy (non-hydrogen) atoms. The van der Waals surface area contributed by atoms with Crippen molar-refractivity contribution >= 4 is 5.95 Å². The van der Waals surface area contributed by atoms with Crippen LogP contribution in [-0.2, 0) is 9.47 Å². The third kappa shape index (κ3) is 2.97. The normalized spacial score (nSPS) is 28.0. The molecule has 0 bridgehead atoms. The summed E-state index contributed by atoms with van der Waals surface area (Å²) in [6.07, 6.45) is 11.5. The Bertz CT molecular complexity index is 484. The molecule has 3 aliphatic rings. The standard InChI is InChI=1S/C17H25N3O2/c1-2-5-14(4-1)11-21-15-6-9-22-17(10-15)12-20(13-17)16-18-7-3-8-19-16/h3,7-8,14-15H,1-2,4-6,9-13H2. The van der Waals surface area contributed by atoms with E-state index in [0.29, 0.717) is 6.10 Å². The molecular weight excluding hydrogens is 278 g/mol. The van der Waals surface area contributed by atoms with Crippen LogP contribution in [-0.4, -0.2) is 48.0 Å². The molecule has 0 aromatic carbocycles. The molecule has 1 saturated carbocycles. The van der Waals surface area contributed by atoms with Gasteiger partial charge in [0.15, 0.2) is 0 Å². The second-order valence-electron chi connectivity index (χ2n) is 7.03. The van der Waals surface area contributed by atoms with E-state index >= 15 is 0 Å². The Hall–Kier alpha value is -1.20. The van der Waals surface area contributed by atoms with Crippen molar-refractivity contribution in [1.82, 2.24) is 9.97 Å². The van der Waals surface area contributed by atoms with Crippen molar-refractivity contribution in [1.29, 1.82) is 0 Å². The van der Waals surface area contributed by atoms with Crippen LogP contribution < -0.4 is 4.90 Å². The van der Waals surface area contributed by atoms with Crippen molar-refractivity contribution in [3.05, 3.63) is 18.5 Å². The highest BCUT2D eigenvalue weighted by Gasteiger charge is 2.48. The van der Waals surface area contributed by atoms with Gasteiger partial charge >= 0.3 is 0 Å². The molecule has 0 N–H and O–H groups in total. The molecule has 0 radical (unpaired) electrons. The van der Waals surface area contributed by atoms with Gasteiger partial charge in [-0.1, -0.05) is 12.8 Å². The molecule has 2 saturated heterocycles. The van der Waals surface area contributed by atoms with E-state index < -0.39 is 0 Å². The number of hydrogen-bond donors (Lipinski definition) is 0. The van der Waals surface area contributed by atoms with Crippen LogP contribution in [0.15, 0.2) is 18.5 Å². The first-order valence-corrected chi connectivity index (χ1v) is 8.61. The summed E-state index contributed by atoms with van der Waals surface area (Å²) in [5.41, 5.74) is -0.0300. The summed E-state index contributed by atoms with van der Waals surface area (Å²) >= 11 is 0. The summed E-state index contributed by atoms with van der Waals surface area (Å²) in [6, 6.07) is 1.85. The van der Waals surface area contributed by atoms with Crippen molar-refractivity contribution in [3.8, 4) is 0 Å². The van der Waals surface area contributed by atoms with E-state index in [4.69, 9.17) is 9.47 Å². The quantitative estimate of drug-likeness (QED) is 0.855. The lowest BCUT2D eigenvalue weighted by molar-refractivity contribution is -0.148. The second-order valence-corrected chi connectivity index (χ2v) is 7.03. The van der Waals surface area contributed by atoms with Crippen LogP contribution in [0.3, 0.4) is 0 Å². The largest absolute Gasteiger partial charge is 0.378 e. The molecule has 3 heterocycles. The van der Waals surface area contributed by atoms with Gasteiger partial charge in [0.1, 0.15) is 5.60 Å². The van der Waals surface area contributed by atoms with Crippen LogP contribution in [0.4, 0.5) is 5.95 Å². The second kappa shape index (κ2) is 6.13. The highest BCUT2D eigenvalue weighted by molar-refractivity contribution is 5.37. The Morgan fingerprint density at radius 3 is 2.73 bits per heavy atom. The van der Waals surface area contributed by atoms with Gasteiger partial charge in [-0.25, -0.2) is 9.97 Å². The summed E-state index contributed by atoms with van der Waals surface area (Å²) in [6.45, 7) is 3.55. The fraction of sp³-hybridized carbons (Fsp3) is 0.765. The van der Waals surface area contributed by atoms with Gasteiger partial charge in [-0.2, -0.15) is 0 Å². The van der Waals surface area contributed by atoms with E-state index in [9.17, 15) is 0 Å². The van der Waals surface area contributed by atoms with Gasteiger partial charge in [-0.05, 0) is 31.2 Å². The average molecular weight is 303 g/mol. The molecule has 1 spiro atoms. The smallest absolute Gasteiger partial charge is 0.225 e. The van der Waals surface area contributed by atoms with Crippen LogP contribution in [0.25, 0.3) is 0 Å². The zero-order chi connectivity index (χ0) is 14.8. The van der Waals surface area contributed by atoms with Crippen LogP contribution in [0, 0.1) is 5.92 Å². The molecule has 1 aromatic heterocycles. The highest BCUT2D eigenvalue weighted by atomic mass is 16.5. The monoisotopic (exact) mass is 303 g/mol. The topological polar surface area (TPSA) is 47.5 Å². The van der Waals surface area contributed by atoms with Gasteiger partial charge in [-0.15, -0.1) is 0 Å². The molecule has 1 aromatic rings. The fourth-order valence-corrected chi connectivity index (χ4v) is 4.04. The average Bonchev–Trinajstić information content (AvgIpc) is 3.05. The highest BCUT2D eigenvalue weighted by Crippen LogP contribution is 2.37. The van der Waals surface area contributed by atoms with Crippen LogP contribution >= 0.6 is 0 Å². The molecule has 1 atom stereocenters. The Balaban J connectivity index is 1.28. The molecule has 3 fully saturated rings. The van der Waals surface area contributed by atoms with Crippen LogP contribution in [0.1, 0.15) is 38.5 Å². The Morgan fingerprint density at radius 2 is 1.95 bits per heavy atom. The minimum atomic E-state index is -0.0300. The molecular formula is C17H25N3O2. The first kappa shape index (κ1) is 14.4. The first-order valence-electron chi connectivity index (χ1n) is 8.61. The van der Waals surface area contributed by atoms with Crippen LogP contribution in [0.2, 0.25) is 0 Å². The first-order chi connectivity index (χ1) is 10.8. The summed E-state index contributed by atoms with van der Waals surface area (Å²) in [7, 11) is 0. The Labute approximate surface area is 132 Å². The van der Waals surface area contributed by atoms with Gasteiger partial charge in [0, 0.05) is 32.0 Å². The molecule has 1 aliphatic carbocycles. The molecule has 120 valence electrons. The molecule has 5 nitrogen and oxygen atoms in total. The summed E-state index contributed by atoms with van der Waals surface area (Å²) in [5, 5.41) is 0. The maximum atomic E-state index is 6.21. The number of aromatic nitrogens is 2. The molecule has 1 unspecified atom stereocenters. The third-order valence-electron chi connectivity index (χ3n) is 5.28. The van der Waals surface area contributed by atoms with Gasteiger partial charge in [0.05, 0.1) is 19.2 Å². The lowest BCUT2D eigenvalue weighted by Gasteiger charge is -2.53. The SMILES string of the molecule is c1cnc(N2CC3(CC(OCC4CCCC4)CCO3)C2)nc1. The minimum Gasteiger partial charge on any atom is -0.378 e. The Morgan fingerprint density at radius 1 is 1.18 bits per heavy atom. The van der Waals surface area contributed by atoms with E-state index in [1.165, 1.54) is 25.7 Å². The van der Waals surface area contributed by atoms with Crippen molar-refractivity contribution in [2.75, 3.05) is 31.2 Å². The maximum absolute atomic E-state index is 6.21. The van der Waals surface area contributed by atoms with E-state index in [0.717, 1.165) is 51.0 Å². The zero-order valence-corrected chi connectivity index (χ0v) is 13.1. The predicted octanol–water partition coefficient (Wildman–Crippen LogP) is 2.42. The molecule has 2 aliphatic heterocycles. The number of nitrogens with zero attached hydrogens (tertiary/aromatic N) is 3. The third-order valence-corrected chi connectivity index (χ3v) is 5.28. The fourth-order valence-electron chi connectivity index (χ4n) is 4.04. The predicted molar refractivity (Wildman–Crippen MR) is 83.9 cm³/mol. The lowest BCUT2D eigenvalue weighted by Crippen LogP contribution is -2.66. The lowest BCUT2D eigenvalue weighted by atomic mass is 9.85. The maximum Gasteiger partial charge on any atom is 0.225 e. The summed E-state index contributed by atoms with van der Waals surface area (Å²) < 4.78 is 12.3. The van der Waals surface area contributed by atoms with Gasteiger partial charge in [0.25, 0.3) is 0 Å². The van der Waals surface area contributed by atoms with E-state index in [1.54, 1.807) is 12.4 Å². The Kier molecular flexibility index (Phi) is 4.01. The molecule has 4 rings (SSSR count).